The van der Waals surface area contributed by atoms with Crippen LogP contribution in [0.2, 0.25) is 0 Å². The van der Waals surface area contributed by atoms with Crippen molar-refractivity contribution in [3.8, 4) is 11.5 Å². The van der Waals surface area contributed by atoms with Crippen LogP contribution in [0.1, 0.15) is 18.4 Å². The molecule has 0 radical (unpaired) electrons. The smallest absolute Gasteiger partial charge is 0.307 e. The highest BCUT2D eigenvalue weighted by molar-refractivity contribution is 5.92. The maximum absolute atomic E-state index is 12.5. The van der Waals surface area contributed by atoms with E-state index in [4.69, 9.17) is 14.2 Å². The van der Waals surface area contributed by atoms with Crippen LogP contribution in [0.5, 0.6) is 11.5 Å². The molecule has 0 unspecified atom stereocenters. The van der Waals surface area contributed by atoms with Crippen molar-refractivity contribution in [1.82, 2.24) is 4.90 Å². The van der Waals surface area contributed by atoms with E-state index in [1.165, 1.54) is 13.2 Å². The highest BCUT2D eigenvalue weighted by atomic mass is 16.5. The average molecular weight is 365 g/mol. The maximum Gasteiger partial charge on any atom is 0.307 e. The Kier molecular flexibility index (Phi) is 9.86. The topological polar surface area (TPSA) is 74.3 Å². The minimum atomic E-state index is -0.354. The minimum absolute atomic E-state index is 0.144. The van der Waals surface area contributed by atoms with E-state index in [1.807, 2.05) is 0 Å². The number of rotatable bonds is 11. The molecule has 1 rings (SSSR count). The van der Waals surface area contributed by atoms with Crippen molar-refractivity contribution in [2.45, 2.75) is 12.8 Å². The van der Waals surface area contributed by atoms with E-state index in [1.54, 1.807) is 50.5 Å². The summed E-state index contributed by atoms with van der Waals surface area (Å²) in [5.41, 5.74) is 0.727. The molecule has 0 saturated carbocycles. The van der Waals surface area contributed by atoms with E-state index in [0.717, 1.165) is 5.56 Å². The van der Waals surface area contributed by atoms with Crippen LogP contribution in [0.25, 0.3) is 6.08 Å². The number of carbonyl (C=O) groups is 2. The third-order valence-corrected chi connectivity index (χ3v) is 3.74. The van der Waals surface area contributed by atoms with Crippen molar-refractivity contribution in [1.29, 1.82) is 0 Å². The zero-order chi connectivity index (χ0) is 19.4. The van der Waals surface area contributed by atoms with Gasteiger partial charge in [0.2, 0.25) is 5.91 Å². The third-order valence-electron chi connectivity index (χ3n) is 3.74. The molecule has 0 heterocycles. The van der Waals surface area contributed by atoms with Gasteiger partial charge in [-0.25, -0.2) is 0 Å². The second-order valence-electron chi connectivity index (χ2n) is 5.44. The SMILES string of the molecule is COCCCN(CCC(=O)OC)C(=O)/C=C/c1cc(OC)ccc1OC. The maximum atomic E-state index is 12.5. The van der Waals surface area contributed by atoms with Crippen LogP contribution in [0.3, 0.4) is 0 Å². The molecule has 0 bridgehead atoms. The zero-order valence-electron chi connectivity index (χ0n) is 15.8. The molecular weight excluding hydrogens is 338 g/mol. The summed E-state index contributed by atoms with van der Waals surface area (Å²) in [5, 5.41) is 0. The van der Waals surface area contributed by atoms with E-state index in [0.29, 0.717) is 31.1 Å². The molecule has 0 saturated heterocycles. The Morgan fingerprint density at radius 2 is 1.85 bits per heavy atom. The largest absolute Gasteiger partial charge is 0.497 e. The number of nitrogens with zero attached hydrogens (tertiary/aromatic N) is 1. The van der Waals surface area contributed by atoms with E-state index < -0.39 is 0 Å². The van der Waals surface area contributed by atoms with Crippen molar-refractivity contribution in [3.63, 3.8) is 0 Å². The number of hydrogen-bond donors (Lipinski definition) is 0. The first-order valence-electron chi connectivity index (χ1n) is 8.30. The molecular formula is C19H27NO6. The van der Waals surface area contributed by atoms with Gasteiger partial charge in [0, 0.05) is 38.4 Å². The Balaban J connectivity index is 2.85. The van der Waals surface area contributed by atoms with E-state index in [9.17, 15) is 9.59 Å². The van der Waals surface area contributed by atoms with Gasteiger partial charge in [-0.15, -0.1) is 0 Å². The van der Waals surface area contributed by atoms with Gasteiger partial charge >= 0.3 is 5.97 Å². The van der Waals surface area contributed by atoms with Crippen LogP contribution < -0.4 is 9.47 Å². The standard InChI is InChI=1S/C19H27NO6/c1-23-13-5-11-20(12-10-19(22)26-4)18(21)9-6-15-14-16(24-2)7-8-17(15)25-3/h6-9,14H,5,10-13H2,1-4H3/b9-6+. The molecule has 7 nitrogen and oxygen atoms in total. The quantitative estimate of drug-likeness (QED) is 0.340. The summed E-state index contributed by atoms with van der Waals surface area (Å²) < 4.78 is 20.2. The molecule has 0 aliphatic carbocycles. The molecule has 0 fully saturated rings. The van der Waals surface area contributed by atoms with Gasteiger partial charge in [-0.2, -0.15) is 0 Å². The predicted molar refractivity (Wildman–Crippen MR) is 98.3 cm³/mol. The summed E-state index contributed by atoms with van der Waals surface area (Å²) in [6, 6.07) is 5.34. The highest BCUT2D eigenvalue weighted by Gasteiger charge is 2.13. The zero-order valence-corrected chi connectivity index (χ0v) is 15.8. The normalized spacial score (nSPS) is 10.6. The van der Waals surface area contributed by atoms with Gasteiger partial charge in [-0.3, -0.25) is 9.59 Å². The molecule has 1 aromatic rings. The summed E-state index contributed by atoms with van der Waals surface area (Å²) >= 11 is 0. The molecule has 0 aromatic heterocycles. The lowest BCUT2D eigenvalue weighted by Gasteiger charge is -2.20. The van der Waals surface area contributed by atoms with Crippen molar-refractivity contribution < 1.29 is 28.5 Å². The molecule has 0 aliphatic rings. The van der Waals surface area contributed by atoms with Crippen LogP contribution in [-0.2, 0) is 19.1 Å². The Bertz CT molecular complexity index is 614. The lowest BCUT2D eigenvalue weighted by Crippen LogP contribution is -2.33. The van der Waals surface area contributed by atoms with Crippen LogP contribution >= 0.6 is 0 Å². The number of esters is 1. The Morgan fingerprint density at radius 3 is 2.46 bits per heavy atom. The lowest BCUT2D eigenvalue weighted by atomic mass is 10.1. The molecule has 1 amide bonds. The molecule has 144 valence electrons. The summed E-state index contributed by atoms with van der Waals surface area (Å²) in [4.78, 5) is 25.5. The fraction of sp³-hybridized carbons (Fsp3) is 0.474. The second kappa shape index (κ2) is 11.9. The molecule has 7 heteroatoms. The highest BCUT2D eigenvalue weighted by Crippen LogP contribution is 2.25. The van der Waals surface area contributed by atoms with Crippen molar-refractivity contribution in [2.75, 3.05) is 48.1 Å². The molecule has 1 aromatic carbocycles. The molecule has 0 N–H and O–H groups in total. The molecule has 0 spiro atoms. The monoisotopic (exact) mass is 365 g/mol. The summed E-state index contributed by atoms with van der Waals surface area (Å²) in [6.07, 6.45) is 3.96. The van der Waals surface area contributed by atoms with Gasteiger partial charge in [0.15, 0.2) is 0 Å². The Hall–Kier alpha value is -2.54. The van der Waals surface area contributed by atoms with Crippen LogP contribution in [-0.4, -0.2) is 64.9 Å². The number of hydrogen-bond acceptors (Lipinski definition) is 6. The molecule has 0 aliphatic heterocycles. The summed E-state index contributed by atoms with van der Waals surface area (Å²) in [7, 11) is 6.07. The van der Waals surface area contributed by atoms with Gasteiger partial charge in [0.1, 0.15) is 11.5 Å². The number of ether oxygens (including phenoxy) is 4. The van der Waals surface area contributed by atoms with Crippen molar-refractivity contribution >= 4 is 18.0 Å². The Labute approximate surface area is 154 Å². The van der Waals surface area contributed by atoms with Crippen molar-refractivity contribution in [3.05, 3.63) is 29.8 Å². The lowest BCUT2D eigenvalue weighted by molar-refractivity contribution is -0.141. The van der Waals surface area contributed by atoms with Gasteiger partial charge in [-0.05, 0) is 30.7 Å². The van der Waals surface area contributed by atoms with E-state index in [-0.39, 0.29) is 24.8 Å². The first kappa shape index (κ1) is 21.5. The van der Waals surface area contributed by atoms with Crippen LogP contribution in [0.15, 0.2) is 24.3 Å². The second-order valence-corrected chi connectivity index (χ2v) is 5.44. The number of methoxy groups -OCH3 is 4. The number of carbonyl (C=O) groups excluding carboxylic acids is 2. The van der Waals surface area contributed by atoms with E-state index in [2.05, 4.69) is 4.74 Å². The summed E-state index contributed by atoms with van der Waals surface area (Å²) in [6.45, 7) is 1.31. The first-order chi connectivity index (χ1) is 12.5. The minimum Gasteiger partial charge on any atom is -0.497 e. The predicted octanol–water partition coefficient (Wildman–Crippen LogP) is 2.15. The Morgan fingerprint density at radius 1 is 1.08 bits per heavy atom. The van der Waals surface area contributed by atoms with Crippen molar-refractivity contribution in [2.24, 2.45) is 0 Å². The number of amides is 1. The van der Waals surface area contributed by atoms with Gasteiger partial charge in [0.05, 0.1) is 27.8 Å². The van der Waals surface area contributed by atoms with Gasteiger partial charge < -0.3 is 23.8 Å². The molecule has 0 atom stereocenters. The van der Waals surface area contributed by atoms with Gasteiger partial charge in [0.25, 0.3) is 0 Å². The number of benzene rings is 1. The fourth-order valence-corrected chi connectivity index (χ4v) is 2.30. The third kappa shape index (κ3) is 7.14. The van der Waals surface area contributed by atoms with E-state index >= 15 is 0 Å². The molecule has 26 heavy (non-hydrogen) atoms. The summed E-state index contributed by atoms with van der Waals surface area (Å²) in [5.74, 6) is 0.749. The van der Waals surface area contributed by atoms with Crippen LogP contribution in [0, 0.1) is 0 Å². The van der Waals surface area contributed by atoms with Gasteiger partial charge in [-0.1, -0.05) is 0 Å². The average Bonchev–Trinajstić information content (AvgIpc) is 2.67. The van der Waals surface area contributed by atoms with Crippen LogP contribution in [0.4, 0.5) is 0 Å². The first-order valence-corrected chi connectivity index (χ1v) is 8.30. The fourth-order valence-electron chi connectivity index (χ4n) is 2.30.